The van der Waals surface area contributed by atoms with Crippen molar-refractivity contribution in [2.45, 2.75) is 19.5 Å². The Balaban J connectivity index is 2.62. The number of nitrogens with zero attached hydrogens (tertiary/aromatic N) is 1. The highest BCUT2D eigenvalue weighted by Crippen LogP contribution is 2.12. The Hall–Kier alpha value is -1.46. The smallest absolute Gasteiger partial charge is 0.269 e. The van der Waals surface area contributed by atoms with E-state index in [2.05, 4.69) is 5.32 Å². The summed E-state index contributed by atoms with van der Waals surface area (Å²) in [5, 5.41) is 22.3. The summed E-state index contributed by atoms with van der Waals surface area (Å²) in [7, 11) is 0. The summed E-state index contributed by atoms with van der Waals surface area (Å²) in [6.07, 6.45) is 0. The molecular weight excluding hydrogens is 196 g/mol. The third-order valence-electron chi connectivity index (χ3n) is 2.05. The van der Waals surface area contributed by atoms with E-state index in [1.165, 1.54) is 12.1 Å². The summed E-state index contributed by atoms with van der Waals surface area (Å²) in [5.74, 6) is 0. The van der Waals surface area contributed by atoms with Crippen molar-refractivity contribution in [3.63, 3.8) is 0 Å². The van der Waals surface area contributed by atoms with Crippen LogP contribution in [-0.4, -0.2) is 22.7 Å². The van der Waals surface area contributed by atoms with Gasteiger partial charge in [0, 0.05) is 24.7 Å². The summed E-state index contributed by atoms with van der Waals surface area (Å²) >= 11 is 0. The van der Waals surface area contributed by atoms with Crippen molar-refractivity contribution in [2.24, 2.45) is 0 Å². The standard InChI is InChI=1S/C10H14N2O3/c1-8(7-13)11-6-9-3-2-4-10(5-9)12(14)15/h2-5,8,11,13H,6-7H2,1H3. The molecule has 1 unspecified atom stereocenters. The van der Waals surface area contributed by atoms with E-state index in [1.54, 1.807) is 6.07 Å². The minimum absolute atomic E-state index is 0.00994. The van der Waals surface area contributed by atoms with Crippen molar-refractivity contribution in [1.82, 2.24) is 5.32 Å². The minimum atomic E-state index is -0.418. The van der Waals surface area contributed by atoms with Crippen LogP contribution in [0.2, 0.25) is 0 Å². The van der Waals surface area contributed by atoms with Crippen LogP contribution < -0.4 is 5.32 Å². The van der Waals surface area contributed by atoms with Crippen LogP contribution in [0.25, 0.3) is 0 Å². The molecule has 0 heterocycles. The first kappa shape index (κ1) is 11.6. The molecule has 1 rings (SSSR count). The molecule has 82 valence electrons. The number of nitrogens with one attached hydrogen (secondary N) is 1. The molecule has 0 radical (unpaired) electrons. The van der Waals surface area contributed by atoms with E-state index in [0.717, 1.165) is 5.56 Å². The number of nitro benzene ring substituents is 1. The molecule has 5 nitrogen and oxygen atoms in total. The van der Waals surface area contributed by atoms with Gasteiger partial charge in [-0.05, 0) is 12.5 Å². The lowest BCUT2D eigenvalue weighted by atomic mass is 10.2. The molecule has 0 saturated carbocycles. The zero-order valence-corrected chi connectivity index (χ0v) is 8.51. The molecule has 1 aromatic rings. The number of hydrogen-bond acceptors (Lipinski definition) is 4. The van der Waals surface area contributed by atoms with Gasteiger partial charge in [0.05, 0.1) is 11.5 Å². The highest BCUT2D eigenvalue weighted by molar-refractivity contribution is 5.34. The average Bonchev–Trinajstić information content (AvgIpc) is 2.26. The van der Waals surface area contributed by atoms with Crippen LogP contribution in [0.1, 0.15) is 12.5 Å². The zero-order valence-electron chi connectivity index (χ0n) is 8.51. The summed E-state index contributed by atoms with van der Waals surface area (Å²) < 4.78 is 0. The lowest BCUT2D eigenvalue weighted by Crippen LogP contribution is -2.28. The average molecular weight is 210 g/mol. The number of aliphatic hydroxyl groups is 1. The first-order valence-corrected chi connectivity index (χ1v) is 4.71. The van der Waals surface area contributed by atoms with Crippen molar-refractivity contribution in [3.05, 3.63) is 39.9 Å². The fourth-order valence-electron chi connectivity index (χ4n) is 1.14. The summed E-state index contributed by atoms with van der Waals surface area (Å²) in [6, 6.07) is 6.43. The lowest BCUT2D eigenvalue weighted by Gasteiger charge is -2.09. The molecular formula is C10H14N2O3. The van der Waals surface area contributed by atoms with Gasteiger partial charge in [0.15, 0.2) is 0 Å². The highest BCUT2D eigenvalue weighted by atomic mass is 16.6. The van der Waals surface area contributed by atoms with E-state index in [-0.39, 0.29) is 18.3 Å². The normalized spacial score (nSPS) is 12.4. The first-order chi connectivity index (χ1) is 7.13. The highest BCUT2D eigenvalue weighted by Gasteiger charge is 2.06. The fraction of sp³-hybridized carbons (Fsp3) is 0.400. The maximum absolute atomic E-state index is 10.5. The predicted molar refractivity (Wildman–Crippen MR) is 56.5 cm³/mol. The lowest BCUT2D eigenvalue weighted by molar-refractivity contribution is -0.384. The van der Waals surface area contributed by atoms with Gasteiger partial charge in [0.25, 0.3) is 5.69 Å². The summed E-state index contributed by atoms with van der Waals surface area (Å²) in [4.78, 5) is 10.1. The van der Waals surface area contributed by atoms with Crippen molar-refractivity contribution in [1.29, 1.82) is 0 Å². The van der Waals surface area contributed by atoms with Crippen molar-refractivity contribution in [2.75, 3.05) is 6.61 Å². The Morgan fingerprint density at radius 1 is 1.60 bits per heavy atom. The van der Waals surface area contributed by atoms with E-state index in [4.69, 9.17) is 5.11 Å². The molecule has 0 spiro atoms. The van der Waals surface area contributed by atoms with Gasteiger partial charge < -0.3 is 10.4 Å². The quantitative estimate of drug-likeness (QED) is 0.563. The van der Waals surface area contributed by atoms with Crippen LogP contribution in [-0.2, 0) is 6.54 Å². The molecule has 15 heavy (non-hydrogen) atoms. The second-order valence-electron chi connectivity index (χ2n) is 3.39. The van der Waals surface area contributed by atoms with Crippen LogP contribution in [0.3, 0.4) is 0 Å². The van der Waals surface area contributed by atoms with Gasteiger partial charge in [-0.1, -0.05) is 12.1 Å². The Morgan fingerprint density at radius 3 is 2.93 bits per heavy atom. The zero-order chi connectivity index (χ0) is 11.3. The number of hydrogen-bond donors (Lipinski definition) is 2. The molecule has 0 saturated heterocycles. The van der Waals surface area contributed by atoms with Crippen LogP contribution in [0.15, 0.2) is 24.3 Å². The Kier molecular flexibility index (Phi) is 4.20. The first-order valence-electron chi connectivity index (χ1n) is 4.71. The topological polar surface area (TPSA) is 75.4 Å². The molecule has 0 aromatic heterocycles. The predicted octanol–water partition coefficient (Wildman–Crippen LogP) is 1.07. The number of nitro groups is 1. The van der Waals surface area contributed by atoms with Crippen LogP contribution in [0, 0.1) is 10.1 Å². The second kappa shape index (κ2) is 5.43. The Labute approximate surface area is 87.9 Å². The fourth-order valence-corrected chi connectivity index (χ4v) is 1.14. The van der Waals surface area contributed by atoms with Gasteiger partial charge in [0.2, 0.25) is 0 Å². The monoisotopic (exact) mass is 210 g/mol. The third kappa shape index (κ3) is 3.65. The van der Waals surface area contributed by atoms with E-state index in [1.807, 2.05) is 13.0 Å². The maximum Gasteiger partial charge on any atom is 0.269 e. The van der Waals surface area contributed by atoms with Crippen LogP contribution >= 0.6 is 0 Å². The maximum atomic E-state index is 10.5. The minimum Gasteiger partial charge on any atom is -0.395 e. The molecule has 5 heteroatoms. The molecule has 0 aliphatic heterocycles. The van der Waals surface area contributed by atoms with Gasteiger partial charge in [-0.25, -0.2) is 0 Å². The van der Waals surface area contributed by atoms with Crippen LogP contribution in [0.4, 0.5) is 5.69 Å². The van der Waals surface area contributed by atoms with Gasteiger partial charge in [0.1, 0.15) is 0 Å². The van der Waals surface area contributed by atoms with Gasteiger partial charge in [-0.15, -0.1) is 0 Å². The summed E-state index contributed by atoms with van der Waals surface area (Å²) in [6.45, 7) is 2.41. The molecule has 0 aliphatic rings. The number of rotatable bonds is 5. The van der Waals surface area contributed by atoms with E-state index < -0.39 is 4.92 Å². The number of benzene rings is 1. The van der Waals surface area contributed by atoms with Crippen molar-refractivity contribution >= 4 is 5.69 Å². The number of aliphatic hydroxyl groups excluding tert-OH is 1. The molecule has 0 amide bonds. The Morgan fingerprint density at radius 2 is 2.33 bits per heavy atom. The van der Waals surface area contributed by atoms with Crippen LogP contribution in [0.5, 0.6) is 0 Å². The molecule has 0 fully saturated rings. The van der Waals surface area contributed by atoms with Gasteiger partial charge in [-0.2, -0.15) is 0 Å². The van der Waals surface area contributed by atoms with Gasteiger partial charge in [-0.3, -0.25) is 10.1 Å². The molecule has 1 atom stereocenters. The third-order valence-corrected chi connectivity index (χ3v) is 2.05. The van der Waals surface area contributed by atoms with Crippen molar-refractivity contribution < 1.29 is 10.0 Å². The van der Waals surface area contributed by atoms with E-state index >= 15 is 0 Å². The Bertz CT molecular complexity index is 341. The SMILES string of the molecule is CC(CO)NCc1cccc([N+](=O)[O-])c1. The van der Waals surface area contributed by atoms with Crippen molar-refractivity contribution in [3.8, 4) is 0 Å². The van der Waals surface area contributed by atoms with E-state index in [9.17, 15) is 10.1 Å². The molecule has 1 aromatic carbocycles. The molecule has 0 bridgehead atoms. The van der Waals surface area contributed by atoms with Gasteiger partial charge >= 0.3 is 0 Å². The largest absolute Gasteiger partial charge is 0.395 e. The number of non-ortho nitro benzene ring substituents is 1. The van der Waals surface area contributed by atoms with E-state index in [0.29, 0.717) is 6.54 Å². The molecule has 2 N–H and O–H groups in total. The second-order valence-corrected chi connectivity index (χ2v) is 3.39. The summed E-state index contributed by atoms with van der Waals surface area (Å²) in [5.41, 5.74) is 0.926. The molecule has 0 aliphatic carbocycles.